The lowest BCUT2D eigenvalue weighted by Gasteiger charge is -2.37. The molecule has 3 aromatic heterocycles. The zero-order valence-corrected chi connectivity index (χ0v) is 18.1. The molecule has 30 heavy (non-hydrogen) atoms. The van der Waals surface area contributed by atoms with Crippen LogP contribution in [0, 0.1) is 13.8 Å². The fourth-order valence-corrected chi connectivity index (χ4v) is 4.20. The van der Waals surface area contributed by atoms with E-state index in [4.69, 9.17) is 0 Å². The van der Waals surface area contributed by atoms with Gasteiger partial charge in [0.25, 0.3) is 0 Å². The van der Waals surface area contributed by atoms with E-state index < -0.39 is 5.54 Å². The van der Waals surface area contributed by atoms with Crippen molar-refractivity contribution >= 4 is 11.4 Å². The number of hydrogen-bond acceptors (Lipinski definition) is 5. The van der Waals surface area contributed by atoms with Crippen LogP contribution in [0.1, 0.15) is 36.5 Å². The number of carbonyl (C=O) groups excluding carboxylic acids is 1. The zero-order valence-electron chi connectivity index (χ0n) is 18.1. The van der Waals surface area contributed by atoms with Gasteiger partial charge in [-0.2, -0.15) is 0 Å². The lowest BCUT2D eigenvalue weighted by Crippen LogP contribution is -2.59. The quantitative estimate of drug-likeness (QED) is 0.679. The largest absolute Gasteiger partial charge is 0.343 e. The summed E-state index contributed by atoms with van der Waals surface area (Å²) in [7, 11) is 0. The van der Waals surface area contributed by atoms with E-state index in [2.05, 4.69) is 49.0 Å². The minimum atomic E-state index is -0.604. The van der Waals surface area contributed by atoms with Gasteiger partial charge in [0.2, 0.25) is 5.91 Å². The maximum atomic E-state index is 13.3. The molecule has 1 aliphatic heterocycles. The van der Waals surface area contributed by atoms with E-state index in [0.29, 0.717) is 6.54 Å². The van der Waals surface area contributed by atoms with Gasteiger partial charge < -0.3 is 15.0 Å². The van der Waals surface area contributed by atoms with Gasteiger partial charge in [-0.1, -0.05) is 6.07 Å². The predicted molar refractivity (Wildman–Crippen MR) is 117 cm³/mol. The minimum absolute atomic E-state index is 0.0161. The number of imidazole rings is 1. The summed E-state index contributed by atoms with van der Waals surface area (Å²) in [6.45, 7) is 11.1. The Kier molecular flexibility index (Phi) is 5.58. The summed E-state index contributed by atoms with van der Waals surface area (Å²) >= 11 is 0. The first-order valence-electron chi connectivity index (χ1n) is 10.5. The number of carbonyl (C=O) groups is 1. The predicted octanol–water partition coefficient (Wildman–Crippen LogP) is 2.17. The first kappa shape index (κ1) is 20.5. The van der Waals surface area contributed by atoms with Crippen molar-refractivity contribution in [2.45, 2.75) is 45.8 Å². The van der Waals surface area contributed by atoms with Crippen molar-refractivity contribution < 1.29 is 4.79 Å². The molecule has 0 bridgehead atoms. The zero-order chi connectivity index (χ0) is 21.3. The Hall–Kier alpha value is -2.77. The van der Waals surface area contributed by atoms with E-state index in [1.807, 2.05) is 51.5 Å². The van der Waals surface area contributed by atoms with E-state index in [0.717, 1.165) is 42.2 Å². The third-order valence-corrected chi connectivity index (χ3v) is 5.78. The number of rotatable bonds is 5. The minimum Gasteiger partial charge on any atom is -0.343 e. The van der Waals surface area contributed by atoms with Gasteiger partial charge in [-0.25, -0.2) is 4.98 Å². The molecule has 0 saturated carbocycles. The fourth-order valence-electron chi connectivity index (χ4n) is 4.20. The number of aryl methyl sites for hydroxylation is 2. The van der Waals surface area contributed by atoms with Crippen LogP contribution < -0.4 is 10.6 Å². The lowest BCUT2D eigenvalue weighted by molar-refractivity contribution is -0.129. The molecule has 0 unspecified atom stereocenters. The first-order valence-corrected chi connectivity index (χ1v) is 10.5. The fraction of sp³-hybridized carbons (Fsp3) is 0.435. The third kappa shape index (κ3) is 4.08. The van der Waals surface area contributed by atoms with Gasteiger partial charge in [-0.05, 0) is 57.0 Å². The number of nitrogens with zero attached hydrogens (tertiary/aromatic N) is 4. The van der Waals surface area contributed by atoms with Crippen LogP contribution in [0.25, 0.3) is 5.52 Å². The van der Waals surface area contributed by atoms with Gasteiger partial charge in [0.05, 0.1) is 17.3 Å². The van der Waals surface area contributed by atoms with E-state index in [9.17, 15) is 4.79 Å². The normalized spacial score (nSPS) is 17.9. The summed E-state index contributed by atoms with van der Waals surface area (Å²) in [4.78, 5) is 24.5. The summed E-state index contributed by atoms with van der Waals surface area (Å²) in [5, 5.41) is 6.62. The highest BCUT2D eigenvalue weighted by Crippen LogP contribution is 2.23. The van der Waals surface area contributed by atoms with Gasteiger partial charge in [0, 0.05) is 44.3 Å². The molecular weight excluding hydrogens is 376 g/mol. The summed E-state index contributed by atoms with van der Waals surface area (Å²) in [6.07, 6.45) is 5.70. The number of pyridine rings is 2. The molecule has 3 aromatic rings. The van der Waals surface area contributed by atoms with E-state index in [1.54, 1.807) is 0 Å². The van der Waals surface area contributed by atoms with Gasteiger partial charge in [0.1, 0.15) is 11.9 Å². The molecule has 1 fully saturated rings. The van der Waals surface area contributed by atoms with Crippen LogP contribution in [0.2, 0.25) is 0 Å². The van der Waals surface area contributed by atoms with E-state index in [-0.39, 0.29) is 11.9 Å². The summed E-state index contributed by atoms with van der Waals surface area (Å²) in [5.74, 6) is 0.844. The molecule has 0 aliphatic carbocycles. The maximum absolute atomic E-state index is 13.3. The molecule has 7 heteroatoms. The van der Waals surface area contributed by atoms with Crippen LogP contribution in [-0.4, -0.2) is 50.9 Å². The molecule has 0 radical (unpaired) electrons. The Bertz CT molecular complexity index is 1060. The molecular formula is C23H30N6O. The highest BCUT2D eigenvalue weighted by Gasteiger charge is 2.34. The van der Waals surface area contributed by atoms with Crippen LogP contribution in [0.5, 0.6) is 0 Å². The van der Waals surface area contributed by atoms with Crippen molar-refractivity contribution in [3.8, 4) is 0 Å². The Morgan fingerprint density at radius 3 is 2.93 bits per heavy atom. The van der Waals surface area contributed by atoms with Crippen LogP contribution in [0.3, 0.4) is 0 Å². The van der Waals surface area contributed by atoms with Gasteiger partial charge in [-0.15, -0.1) is 0 Å². The van der Waals surface area contributed by atoms with Crippen LogP contribution in [0.4, 0.5) is 0 Å². The number of hydrogen-bond donors (Lipinski definition) is 2. The molecule has 1 aliphatic rings. The van der Waals surface area contributed by atoms with Crippen LogP contribution in [-0.2, 0) is 16.9 Å². The summed E-state index contributed by atoms with van der Waals surface area (Å²) in [6, 6.07) is 7.94. The Balaban J connectivity index is 1.53. The molecule has 158 valence electrons. The number of fused-ring (bicyclic) bond motifs is 1. The van der Waals surface area contributed by atoms with Crippen molar-refractivity contribution in [3.63, 3.8) is 0 Å². The van der Waals surface area contributed by atoms with Crippen molar-refractivity contribution in [2.75, 3.05) is 19.6 Å². The topological polar surface area (TPSA) is 74.6 Å². The average molecular weight is 407 g/mol. The average Bonchev–Trinajstić information content (AvgIpc) is 3.15. The highest BCUT2D eigenvalue weighted by molar-refractivity contribution is 5.83. The van der Waals surface area contributed by atoms with Crippen molar-refractivity contribution in [1.29, 1.82) is 0 Å². The molecule has 1 atom stereocenters. The second-order valence-electron chi connectivity index (χ2n) is 8.64. The standard InChI is InChI=1S/C23H30N6O/c1-16-6-5-10-29-19(16)14-26-22(29)23(3,4)27-21(30)20-13-24-9-11-28(20)15-18-7-8-25-17(2)12-18/h5-8,10,12,14,20,24H,9,11,13,15H2,1-4H3,(H,27,30)/t20-/m0/s1. The summed E-state index contributed by atoms with van der Waals surface area (Å²) < 4.78 is 2.06. The van der Waals surface area contributed by atoms with E-state index in [1.165, 1.54) is 5.56 Å². The van der Waals surface area contributed by atoms with Crippen LogP contribution >= 0.6 is 0 Å². The highest BCUT2D eigenvalue weighted by atomic mass is 16.2. The molecule has 0 aromatic carbocycles. The molecule has 1 amide bonds. The number of piperazine rings is 1. The number of aromatic nitrogens is 3. The van der Waals surface area contributed by atoms with E-state index >= 15 is 0 Å². The van der Waals surface area contributed by atoms with Crippen molar-refractivity contribution in [2.24, 2.45) is 0 Å². The molecule has 0 spiro atoms. The molecule has 1 saturated heterocycles. The van der Waals surface area contributed by atoms with Crippen molar-refractivity contribution in [3.05, 3.63) is 65.5 Å². The van der Waals surface area contributed by atoms with Crippen LogP contribution in [0.15, 0.2) is 42.9 Å². The Morgan fingerprint density at radius 2 is 2.13 bits per heavy atom. The second kappa shape index (κ2) is 8.16. The molecule has 4 heterocycles. The maximum Gasteiger partial charge on any atom is 0.239 e. The second-order valence-corrected chi connectivity index (χ2v) is 8.64. The monoisotopic (exact) mass is 406 g/mol. The first-order chi connectivity index (χ1) is 14.3. The molecule has 2 N–H and O–H groups in total. The Labute approximate surface area is 177 Å². The number of amides is 1. The lowest BCUT2D eigenvalue weighted by atomic mass is 10.0. The van der Waals surface area contributed by atoms with Gasteiger partial charge >= 0.3 is 0 Å². The SMILES string of the molecule is Cc1cc(CN2CCNC[C@H]2C(=O)NC(C)(C)c2ncc3c(C)cccn23)ccn1. The molecule has 7 nitrogen and oxygen atoms in total. The smallest absolute Gasteiger partial charge is 0.239 e. The number of nitrogens with one attached hydrogen (secondary N) is 2. The third-order valence-electron chi connectivity index (χ3n) is 5.78. The van der Waals surface area contributed by atoms with Crippen molar-refractivity contribution in [1.82, 2.24) is 29.9 Å². The summed E-state index contributed by atoms with van der Waals surface area (Å²) in [5.41, 5.74) is 3.79. The van der Waals surface area contributed by atoms with Gasteiger partial charge in [-0.3, -0.25) is 14.7 Å². The van der Waals surface area contributed by atoms with Gasteiger partial charge in [0.15, 0.2) is 0 Å². The Morgan fingerprint density at radius 1 is 1.30 bits per heavy atom. The molecule has 4 rings (SSSR count).